The summed E-state index contributed by atoms with van der Waals surface area (Å²) in [6, 6.07) is 6.22. The second-order valence-electron chi connectivity index (χ2n) is 5.61. The van der Waals surface area contributed by atoms with E-state index in [1.807, 2.05) is 11.8 Å². The molecule has 21 heavy (non-hydrogen) atoms. The van der Waals surface area contributed by atoms with Crippen LogP contribution in [-0.4, -0.2) is 47.0 Å². The first kappa shape index (κ1) is 13.8. The van der Waals surface area contributed by atoms with Crippen LogP contribution in [0.3, 0.4) is 0 Å². The first-order chi connectivity index (χ1) is 10.0. The van der Waals surface area contributed by atoms with Gasteiger partial charge in [0.15, 0.2) is 5.65 Å². The fourth-order valence-corrected chi connectivity index (χ4v) is 2.85. The molecule has 0 radical (unpaired) electrons. The van der Waals surface area contributed by atoms with Crippen LogP contribution < -0.4 is 4.90 Å². The van der Waals surface area contributed by atoms with Crippen molar-refractivity contribution in [2.75, 3.05) is 31.1 Å². The number of carbonyl (C=O) groups is 1. The maximum absolute atomic E-state index is 11.4. The first-order valence-corrected chi connectivity index (χ1v) is 7.30. The Hall–Kier alpha value is -2.17. The number of carbonyl (C=O) groups excluding carboxylic acids is 1. The van der Waals surface area contributed by atoms with Crippen LogP contribution in [0.2, 0.25) is 0 Å². The Morgan fingerprint density at radius 2 is 1.81 bits per heavy atom. The lowest BCUT2D eigenvalue weighted by atomic mass is 10.1. The quantitative estimate of drug-likeness (QED) is 0.802. The fourth-order valence-electron chi connectivity index (χ4n) is 2.85. The molecule has 3 rings (SSSR count). The molecule has 0 atom stereocenters. The summed E-state index contributed by atoms with van der Waals surface area (Å²) >= 11 is 0. The van der Waals surface area contributed by atoms with Crippen LogP contribution in [0.15, 0.2) is 18.2 Å². The summed E-state index contributed by atoms with van der Waals surface area (Å²) in [5.74, 6) is 1.09. The molecule has 5 nitrogen and oxygen atoms in total. The highest BCUT2D eigenvalue weighted by Crippen LogP contribution is 2.21. The number of anilines is 1. The van der Waals surface area contributed by atoms with Crippen LogP contribution in [0.4, 0.5) is 5.82 Å². The smallest absolute Gasteiger partial charge is 0.219 e. The van der Waals surface area contributed by atoms with Gasteiger partial charge in [-0.05, 0) is 37.6 Å². The molecule has 2 aromatic rings. The maximum atomic E-state index is 11.4. The minimum Gasteiger partial charge on any atom is -0.353 e. The number of amides is 1. The monoisotopic (exact) mass is 284 g/mol. The number of hydrogen-bond donors (Lipinski definition) is 0. The molecular formula is C16H20N4O. The van der Waals surface area contributed by atoms with Crippen molar-refractivity contribution in [3.63, 3.8) is 0 Å². The van der Waals surface area contributed by atoms with Gasteiger partial charge in [-0.3, -0.25) is 4.79 Å². The molecule has 0 unspecified atom stereocenters. The van der Waals surface area contributed by atoms with Crippen molar-refractivity contribution in [2.45, 2.75) is 20.8 Å². The van der Waals surface area contributed by atoms with Crippen LogP contribution >= 0.6 is 0 Å². The summed E-state index contributed by atoms with van der Waals surface area (Å²) in [7, 11) is 0. The van der Waals surface area contributed by atoms with Crippen molar-refractivity contribution in [1.29, 1.82) is 0 Å². The van der Waals surface area contributed by atoms with Gasteiger partial charge in [0.05, 0.1) is 0 Å². The Kier molecular flexibility index (Phi) is 3.49. The number of aryl methyl sites for hydroxylation is 2. The third-order valence-electron chi connectivity index (χ3n) is 4.04. The van der Waals surface area contributed by atoms with Crippen LogP contribution in [0.1, 0.15) is 18.2 Å². The van der Waals surface area contributed by atoms with Gasteiger partial charge in [0.2, 0.25) is 5.91 Å². The van der Waals surface area contributed by atoms with Crippen LogP contribution in [0.25, 0.3) is 11.0 Å². The van der Waals surface area contributed by atoms with Crippen molar-refractivity contribution in [1.82, 2.24) is 14.9 Å². The van der Waals surface area contributed by atoms with Crippen LogP contribution in [-0.2, 0) is 4.79 Å². The van der Waals surface area contributed by atoms with Gasteiger partial charge in [-0.25, -0.2) is 9.97 Å². The highest BCUT2D eigenvalue weighted by atomic mass is 16.2. The summed E-state index contributed by atoms with van der Waals surface area (Å²) in [5.41, 5.74) is 3.00. The largest absolute Gasteiger partial charge is 0.353 e. The van der Waals surface area contributed by atoms with Crippen molar-refractivity contribution >= 4 is 22.8 Å². The molecule has 5 heteroatoms. The average molecular weight is 284 g/mol. The molecule has 0 saturated carbocycles. The molecule has 1 saturated heterocycles. The molecule has 1 amide bonds. The Morgan fingerprint density at radius 1 is 1.10 bits per heavy atom. The van der Waals surface area contributed by atoms with Crippen LogP contribution in [0, 0.1) is 13.8 Å². The molecule has 0 aliphatic carbocycles. The lowest BCUT2D eigenvalue weighted by Gasteiger charge is -2.34. The molecular weight excluding hydrogens is 264 g/mol. The normalized spacial score (nSPS) is 15.6. The minimum absolute atomic E-state index is 0.147. The molecule has 0 bridgehead atoms. The summed E-state index contributed by atoms with van der Waals surface area (Å²) in [6.45, 7) is 8.87. The predicted molar refractivity (Wildman–Crippen MR) is 83.5 cm³/mol. The SMILES string of the molecule is CC(=O)N1CCN(c2ccc3c(C)cc(C)nc3n2)CC1. The Bertz CT molecular complexity index is 690. The van der Waals surface area contributed by atoms with E-state index in [1.54, 1.807) is 6.92 Å². The van der Waals surface area contributed by atoms with E-state index >= 15 is 0 Å². The van der Waals surface area contributed by atoms with Gasteiger partial charge in [-0.2, -0.15) is 0 Å². The van der Waals surface area contributed by atoms with E-state index in [4.69, 9.17) is 4.98 Å². The zero-order valence-electron chi connectivity index (χ0n) is 12.8. The van der Waals surface area contributed by atoms with Gasteiger partial charge >= 0.3 is 0 Å². The topological polar surface area (TPSA) is 49.3 Å². The lowest BCUT2D eigenvalue weighted by Crippen LogP contribution is -2.48. The number of rotatable bonds is 1. The Morgan fingerprint density at radius 3 is 2.48 bits per heavy atom. The van der Waals surface area contributed by atoms with Gasteiger partial charge in [-0.1, -0.05) is 0 Å². The number of pyridine rings is 2. The maximum Gasteiger partial charge on any atom is 0.219 e. The zero-order chi connectivity index (χ0) is 15.0. The van der Waals surface area contributed by atoms with Gasteiger partial charge < -0.3 is 9.80 Å². The highest BCUT2D eigenvalue weighted by Gasteiger charge is 2.19. The van der Waals surface area contributed by atoms with Crippen molar-refractivity contribution in [2.24, 2.45) is 0 Å². The van der Waals surface area contributed by atoms with Crippen LogP contribution in [0.5, 0.6) is 0 Å². The van der Waals surface area contributed by atoms with E-state index in [9.17, 15) is 4.79 Å². The molecule has 2 aromatic heterocycles. The number of aromatic nitrogens is 2. The van der Waals surface area contributed by atoms with E-state index in [2.05, 4.69) is 35.0 Å². The van der Waals surface area contributed by atoms with E-state index in [-0.39, 0.29) is 5.91 Å². The summed E-state index contributed by atoms with van der Waals surface area (Å²) < 4.78 is 0. The fraction of sp³-hybridized carbons (Fsp3) is 0.438. The molecule has 1 fully saturated rings. The van der Waals surface area contributed by atoms with Gasteiger partial charge in [-0.15, -0.1) is 0 Å². The summed E-state index contributed by atoms with van der Waals surface area (Å²) in [6.07, 6.45) is 0. The molecule has 1 aliphatic rings. The molecule has 0 aromatic carbocycles. The van der Waals surface area contributed by atoms with E-state index in [1.165, 1.54) is 5.56 Å². The second kappa shape index (κ2) is 5.31. The first-order valence-electron chi connectivity index (χ1n) is 7.30. The lowest BCUT2D eigenvalue weighted by molar-refractivity contribution is -0.129. The number of nitrogens with zero attached hydrogens (tertiary/aromatic N) is 4. The third kappa shape index (κ3) is 2.68. The van der Waals surface area contributed by atoms with E-state index in [0.717, 1.165) is 48.7 Å². The number of hydrogen-bond acceptors (Lipinski definition) is 4. The van der Waals surface area contributed by atoms with Crippen molar-refractivity contribution in [3.05, 3.63) is 29.5 Å². The van der Waals surface area contributed by atoms with Gasteiger partial charge in [0.25, 0.3) is 0 Å². The average Bonchev–Trinajstić information content (AvgIpc) is 2.46. The van der Waals surface area contributed by atoms with Crippen molar-refractivity contribution in [3.8, 4) is 0 Å². The number of fused-ring (bicyclic) bond motifs is 1. The van der Waals surface area contributed by atoms with Crippen molar-refractivity contribution < 1.29 is 4.79 Å². The Balaban J connectivity index is 1.87. The summed E-state index contributed by atoms with van der Waals surface area (Å²) in [5, 5.41) is 1.10. The molecule has 0 spiro atoms. The predicted octanol–water partition coefficient (Wildman–Crippen LogP) is 1.92. The second-order valence-corrected chi connectivity index (χ2v) is 5.61. The van der Waals surface area contributed by atoms with Gasteiger partial charge in [0, 0.05) is 44.2 Å². The van der Waals surface area contributed by atoms with Gasteiger partial charge in [0.1, 0.15) is 5.82 Å². The minimum atomic E-state index is 0.147. The Labute approximate surface area is 124 Å². The standard InChI is InChI=1S/C16H20N4O/c1-11-10-12(2)17-16-14(11)4-5-15(18-16)20-8-6-19(7-9-20)13(3)21/h4-5,10H,6-9H2,1-3H3. The van der Waals surface area contributed by atoms with E-state index in [0.29, 0.717) is 0 Å². The zero-order valence-corrected chi connectivity index (χ0v) is 12.8. The highest BCUT2D eigenvalue weighted by molar-refractivity contribution is 5.80. The molecule has 0 N–H and O–H groups in total. The summed E-state index contributed by atoms with van der Waals surface area (Å²) in [4.78, 5) is 24.7. The number of piperazine rings is 1. The van der Waals surface area contributed by atoms with E-state index < -0.39 is 0 Å². The molecule has 110 valence electrons. The molecule has 3 heterocycles. The molecule has 1 aliphatic heterocycles. The third-order valence-corrected chi connectivity index (χ3v) is 4.04.